The van der Waals surface area contributed by atoms with Crippen molar-refractivity contribution in [3.8, 4) is 0 Å². The highest BCUT2D eigenvalue weighted by molar-refractivity contribution is 7.17. The predicted octanol–water partition coefficient (Wildman–Crippen LogP) is 2.84. The van der Waals surface area contributed by atoms with Crippen LogP contribution in [0.25, 0.3) is 10.1 Å². The smallest absolute Gasteiger partial charge is 0.146 e. The molecule has 0 radical (unpaired) electrons. The first kappa shape index (κ1) is 8.66. The second-order valence-corrected chi connectivity index (χ2v) is 3.87. The van der Waals surface area contributed by atoms with Gasteiger partial charge < -0.3 is 5.11 Å². The zero-order valence-corrected chi connectivity index (χ0v) is 7.99. The van der Waals surface area contributed by atoms with Crippen LogP contribution in [0.1, 0.15) is 11.1 Å². The quantitative estimate of drug-likeness (QED) is 0.743. The lowest BCUT2D eigenvalue weighted by Gasteiger charge is -1.99. The van der Waals surface area contributed by atoms with Crippen LogP contribution in [0.2, 0.25) is 0 Å². The van der Waals surface area contributed by atoms with E-state index >= 15 is 0 Å². The molecule has 0 atom stereocenters. The molecule has 0 saturated heterocycles. The second kappa shape index (κ2) is 3.09. The van der Waals surface area contributed by atoms with Crippen LogP contribution in [0, 0.1) is 12.7 Å². The first-order chi connectivity index (χ1) is 6.24. The minimum absolute atomic E-state index is 0.237. The van der Waals surface area contributed by atoms with Crippen molar-refractivity contribution in [1.82, 2.24) is 0 Å². The van der Waals surface area contributed by atoms with E-state index in [0.717, 1.165) is 10.9 Å². The number of fused-ring (bicyclic) bond motifs is 1. The summed E-state index contributed by atoms with van der Waals surface area (Å²) in [6.07, 6.45) is 0. The summed E-state index contributed by atoms with van der Waals surface area (Å²) >= 11 is 1.38. The lowest BCUT2D eigenvalue weighted by Crippen LogP contribution is -1.88. The van der Waals surface area contributed by atoms with E-state index in [2.05, 4.69) is 0 Å². The number of hydrogen-bond donors (Lipinski definition) is 1. The number of aliphatic hydroxyl groups is 1. The van der Waals surface area contributed by atoms with Crippen molar-refractivity contribution in [2.45, 2.75) is 13.5 Å². The average Bonchev–Trinajstić information content (AvgIpc) is 2.50. The number of thiophene rings is 1. The lowest BCUT2D eigenvalue weighted by atomic mass is 10.1. The molecular formula is C10H9FOS. The fourth-order valence-electron chi connectivity index (χ4n) is 1.36. The summed E-state index contributed by atoms with van der Waals surface area (Å²) in [6, 6.07) is 3.49. The maximum atomic E-state index is 13.5. The van der Waals surface area contributed by atoms with Crippen molar-refractivity contribution in [3.63, 3.8) is 0 Å². The van der Waals surface area contributed by atoms with E-state index in [0.29, 0.717) is 10.3 Å². The van der Waals surface area contributed by atoms with Crippen LogP contribution >= 0.6 is 11.3 Å². The van der Waals surface area contributed by atoms with Crippen molar-refractivity contribution in [2.24, 2.45) is 0 Å². The summed E-state index contributed by atoms with van der Waals surface area (Å²) in [7, 11) is 0. The Hall–Kier alpha value is -0.930. The molecule has 1 aromatic carbocycles. The van der Waals surface area contributed by atoms with Crippen molar-refractivity contribution in [1.29, 1.82) is 0 Å². The maximum absolute atomic E-state index is 13.5. The fourth-order valence-corrected chi connectivity index (χ4v) is 2.37. The molecule has 1 heterocycles. The molecule has 1 aromatic heterocycles. The van der Waals surface area contributed by atoms with Gasteiger partial charge in [-0.05, 0) is 23.3 Å². The van der Waals surface area contributed by atoms with Gasteiger partial charge in [0.25, 0.3) is 0 Å². The van der Waals surface area contributed by atoms with Gasteiger partial charge in [-0.25, -0.2) is 4.39 Å². The molecule has 13 heavy (non-hydrogen) atoms. The molecule has 0 unspecified atom stereocenters. The second-order valence-electron chi connectivity index (χ2n) is 2.99. The molecule has 2 aromatic rings. The molecule has 0 spiro atoms. The summed E-state index contributed by atoms with van der Waals surface area (Å²) in [5.41, 5.74) is 1.46. The van der Waals surface area contributed by atoms with Gasteiger partial charge in [0.15, 0.2) is 0 Å². The van der Waals surface area contributed by atoms with Gasteiger partial charge in [-0.1, -0.05) is 12.1 Å². The molecule has 2 rings (SSSR count). The van der Waals surface area contributed by atoms with Gasteiger partial charge in [-0.3, -0.25) is 0 Å². The van der Waals surface area contributed by atoms with Crippen LogP contribution < -0.4 is 0 Å². The Bertz CT molecular complexity index is 447. The van der Waals surface area contributed by atoms with Crippen LogP contribution in [0.3, 0.4) is 0 Å². The van der Waals surface area contributed by atoms with Crippen molar-refractivity contribution in [3.05, 3.63) is 34.5 Å². The standard InChI is InChI=1S/C10H9FOS/c1-6-5-13-10-8(6)3-2-7(4-12)9(10)11/h2-3,5,12H,4H2,1H3. The van der Waals surface area contributed by atoms with E-state index in [-0.39, 0.29) is 12.4 Å². The van der Waals surface area contributed by atoms with Gasteiger partial charge in [0.1, 0.15) is 5.82 Å². The highest BCUT2D eigenvalue weighted by atomic mass is 32.1. The fraction of sp³-hybridized carbons (Fsp3) is 0.200. The molecule has 3 heteroatoms. The van der Waals surface area contributed by atoms with Crippen molar-refractivity contribution >= 4 is 21.4 Å². The van der Waals surface area contributed by atoms with Crippen LogP contribution in [0.5, 0.6) is 0 Å². The van der Waals surface area contributed by atoms with Crippen LogP contribution in [0.4, 0.5) is 4.39 Å². The molecule has 0 fully saturated rings. The van der Waals surface area contributed by atoms with E-state index < -0.39 is 0 Å². The Morgan fingerprint density at radius 1 is 1.46 bits per heavy atom. The number of hydrogen-bond acceptors (Lipinski definition) is 2. The summed E-state index contributed by atoms with van der Waals surface area (Å²) < 4.78 is 14.2. The third kappa shape index (κ3) is 1.24. The molecule has 0 saturated carbocycles. The Balaban J connectivity index is 2.80. The largest absolute Gasteiger partial charge is 0.392 e. The zero-order chi connectivity index (χ0) is 9.42. The summed E-state index contributed by atoms with van der Waals surface area (Å²) in [5.74, 6) is -0.280. The number of aryl methyl sites for hydroxylation is 1. The first-order valence-corrected chi connectivity index (χ1v) is 4.88. The minimum Gasteiger partial charge on any atom is -0.392 e. The molecule has 68 valence electrons. The molecule has 0 bridgehead atoms. The Morgan fingerprint density at radius 3 is 2.92 bits per heavy atom. The number of aliphatic hydroxyl groups excluding tert-OH is 1. The first-order valence-electron chi connectivity index (χ1n) is 4.00. The third-order valence-electron chi connectivity index (χ3n) is 2.13. The predicted molar refractivity (Wildman–Crippen MR) is 52.4 cm³/mol. The van der Waals surface area contributed by atoms with E-state index in [1.807, 2.05) is 18.4 Å². The topological polar surface area (TPSA) is 20.2 Å². The Kier molecular flexibility index (Phi) is 2.06. The molecule has 1 nitrogen and oxygen atoms in total. The summed E-state index contributed by atoms with van der Waals surface area (Å²) in [4.78, 5) is 0. The van der Waals surface area contributed by atoms with Crippen molar-refractivity contribution < 1.29 is 9.50 Å². The normalized spacial score (nSPS) is 11.0. The van der Waals surface area contributed by atoms with Crippen LogP contribution in [-0.4, -0.2) is 5.11 Å². The molecule has 1 N–H and O–H groups in total. The van der Waals surface area contributed by atoms with E-state index in [9.17, 15) is 4.39 Å². The molecular weight excluding hydrogens is 187 g/mol. The highest BCUT2D eigenvalue weighted by Crippen LogP contribution is 2.29. The SMILES string of the molecule is Cc1csc2c(F)c(CO)ccc12. The van der Waals surface area contributed by atoms with Gasteiger partial charge in [-0.15, -0.1) is 11.3 Å². The van der Waals surface area contributed by atoms with Crippen molar-refractivity contribution in [2.75, 3.05) is 0 Å². The van der Waals surface area contributed by atoms with E-state index in [1.165, 1.54) is 11.3 Å². The van der Waals surface area contributed by atoms with Crippen LogP contribution in [0.15, 0.2) is 17.5 Å². The van der Waals surface area contributed by atoms with Gasteiger partial charge >= 0.3 is 0 Å². The minimum atomic E-state index is -0.280. The molecule has 0 amide bonds. The Morgan fingerprint density at radius 2 is 2.23 bits per heavy atom. The molecule has 0 aliphatic heterocycles. The Labute approximate surface area is 79.4 Å². The zero-order valence-electron chi connectivity index (χ0n) is 7.17. The van der Waals surface area contributed by atoms with Gasteiger partial charge in [0.05, 0.1) is 11.3 Å². The number of rotatable bonds is 1. The summed E-state index contributed by atoms with van der Waals surface area (Å²) in [6.45, 7) is 1.72. The lowest BCUT2D eigenvalue weighted by molar-refractivity contribution is 0.276. The molecule has 0 aliphatic carbocycles. The maximum Gasteiger partial charge on any atom is 0.146 e. The van der Waals surface area contributed by atoms with E-state index in [1.54, 1.807) is 6.07 Å². The number of benzene rings is 1. The van der Waals surface area contributed by atoms with Gasteiger partial charge in [-0.2, -0.15) is 0 Å². The highest BCUT2D eigenvalue weighted by Gasteiger charge is 2.09. The monoisotopic (exact) mass is 196 g/mol. The van der Waals surface area contributed by atoms with Gasteiger partial charge in [0.2, 0.25) is 0 Å². The third-order valence-corrected chi connectivity index (χ3v) is 3.23. The van der Waals surface area contributed by atoms with E-state index in [4.69, 9.17) is 5.11 Å². The molecule has 0 aliphatic rings. The summed E-state index contributed by atoms with van der Waals surface area (Å²) in [5, 5.41) is 11.7. The van der Waals surface area contributed by atoms with Crippen LogP contribution in [-0.2, 0) is 6.61 Å². The number of halogens is 1. The van der Waals surface area contributed by atoms with Gasteiger partial charge in [0, 0.05) is 5.56 Å². The average molecular weight is 196 g/mol.